The molecule has 3 aromatic carbocycles. The maximum absolute atomic E-state index is 12.5. The zero-order chi connectivity index (χ0) is 23.7. The molecule has 1 amide bonds. The van der Waals surface area contributed by atoms with Crippen LogP contribution in [-0.4, -0.2) is 29.8 Å². The van der Waals surface area contributed by atoms with E-state index in [-0.39, 0.29) is 18.9 Å². The number of rotatable bonds is 7. The van der Waals surface area contributed by atoms with E-state index >= 15 is 0 Å². The van der Waals surface area contributed by atoms with Crippen molar-refractivity contribution in [3.8, 4) is 11.1 Å². The van der Waals surface area contributed by atoms with Crippen molar-refractivity contribution in [2.75, 3.05) is 6.61 Å². The van der Waals surface area contributed by atoms with Crippen molar-refractivity contribution in [3.63, 3.8) is 0 Å². The van der Waals surface area contributed by atoms with E-state index in [2.05, 4.69) is 17.4 Å². The molecule has 0 radical (unpaired) electrons. The molecule has 0 spiro atoms. The minimum atomic E-state index is -1.10. The normalized spacial score (nSPS) is 13.3. The SMILES string of the molecule is O=C(NC(CCc1cc(Cl)c2sccc2c1)C(=O)O)OCC1c2ccccc2-c2ccccc21. The van der Waals surface area contributed by atoms with Gasteiger partial charge in [0, 0.05) is 5.92 Å². The number of ether oxygens (including phenoxy) is 1. The van der Waals surface area contributed by atoms with Crippen molar-refractivity contribution in [2.24, 2.45) is 0 Å². The lowest BCUT2D eigenvalue weighted by atomic mass is 9.98. The highest BCUT2D eigenvalue weighted by molar-refractivity contribution is 7.17. The molecule has 1 aliphatic rings. The zero-order valence-corrected chi connectivity index (χ0v) is 19.7. The van der Waals surface area contributed by atoms with E-state index in [1.165, 1.54) is 0 Å². The molecule has 4 aromatic rings. The highest BCUT2D eigenvalue weighted by Gasteiger charge is 2.29. The van der Waals surface area contributed by atoms with Crippen molar-refractivity contribution in [3.05, 3.63) is 93.8 Å². The average molecular weight is 492 g/mol. The number of carbonyl (C=O) groups is 2. The summed E-state index contributed by atoms with van der Waals surface area (Å²) in [5.41, 5.74) is 5.41. The summed E-state index contributed by atoms with van der Waals surface area (Å²) in [5.74, 6) is -1.18. The van der Waals surface area contributed by atoms with Crippen LogP contribution in [0.25, 0.3) is 21.2 Å². The van der Waals surface area contributed by atoms with Gasteiger partial charge in [0.2, 0.25) is 0 Å². The molecule has 5 rings (SSSR count). The summed E-state index contributed by atoms with van der Waals surface area (Å²) in [6, 6.07) is 20.9. The van der Waals surface area contributed by atoms with Gasteiger partial charge in [-0.2, -0.15) is 0 Å². The first-order valence-electron chi connectivity index (χ1n) is 11.0. The first-order chi connectivity index (χ1) is 16.5. The van der Waals surface area contributed by atoms with Crippen LogP contribution in [0.4, 0.5) is 4.79 Å². The summed E-state index contributed by atoms with van der Waals surface area (Å²) in [6.07, 6.45) is -0.0435. The van der Waals surface area contributed by atoms with E-state index in [0.717, 1.165) is 37.9 Å². The first-order valence-corrected chi connectivity index (χ1v) is 12.3. The quantitative estimate of drug-likeness (QED) is 0.310. The molecule has 0 aliphatic heterocycles. The van der Waals surface area contributed by atoms with Crippen LogP contribution < -0.4 is 5.32 Å². The molecule has 0 saturated carbocycles. The number of nitrogens with one attached hydrogen (secondary N) is 1. The van der Waals surface area contributed by atoms with Gasteiger partial charge < -0.3 is 15.2 Å². The summed E-state index contributed by atoms with van der Waals surface area (Å²) in [5, 5.41) is 15.8. The molecule has 7 heteroatoms. The molecule has 1 aliphatic carbocycles. The van der Waals surface area contributed by atoms with Crippen LogP contribution in [0, 0.1) is 0 Å². The summed E-state index contributed by atoms with van der Waals surface area (Å²) < 4.78 is 6.52. The number of carbonyl (C=O) groups excluding carboxylic acids is 1. The molecular weight excluding hydrogens is 470 g/mol. The number of aliphatic carboxylic acids is 1. The van der Waals surface area contributed by atoms with Crippen molar-refractivity contribution < 1.29 is 19.4 Å². The number of amides is 1. The van der Waals surface area contributed by atoms with E-state index in [1.807, 2.05) is 60.0 Å². The van der Waals surface area contributed by atoms with E-state index in [1.54, 1.807) is 11.3 Å². The summed E-state index contributed by atoms with van der Waals surface area (Å²) in [4.78, 5) is 24.3. The topological polar surface area (TPSA) is 75.6 Å². The molecule has 34 heavy (non-hydrogen) atoms. The zero-order valence-electron chi connectivity index (χ0n) is 18.2. The second-order valence-corrected chi connectivity index (χ2v) is 9.64. The molecule has 5 nitrogen and oxygen atoms in total. The second-order valence-electron chi connectivity index (χ2n) is 8.32. The Labute approximate surface area is 206 Å². The third kappa shape index (κ3) is 4.39. The summed E-state index contributed by atoms with van der Waals surface area (Å²) >= 11 is 7.91. The monoisotopic (exact) mass is 491 g/mol. The van der Waals surface area contributed by atoms with Crippen molar-refractivity contribution in [1.82, 2.24) is 5.32 Å². The van der Waals surface area contributed by atoms with Gasteiger partial charge in [-0.25, -0.2) is 9.59 Å². The number of thiophene rings is 1. The van der Waals surface area contributed by atoms with Gasteiger partial charge in [0.05, 0.1) is 9.72 Å². The Morgan fingerprint density at radius 3 is 2.38 bits per heavy atom. The molecule has 2 N–H and O–H groups in total. The highest BCUT2D eigenvalue weighted by atomic mass is 35.5. The minimum Gasteiger partial charge on any atom is -0.480 e. The van der Waals surface area contributed by atoms with Crippen molar-refractivity contribution in [2.45, 2.75) is 24.8 Å². The van der Waals surface area contributed by atoms with Crippen molar-refractivity contribution >= 4 is 45.1 Å². The van der Waals surface area contributed by atoms with Gasteiger partial charge in [0.1, 0.15) is 12.6 Å². The molecule has 1 unspecified atom stereocenters. The van der Waals surface area contributed by atoms with Crippen LogP contribution in [-0.2, 0) is 16.0 Å². The second kappa shape index (κ2) is 9.49. The number of carboxylic acids is 1. The number of benzene rings is 3. The fourth-order valence-corrected chi connectivity index (χ4v) is 5.76. The largest absolute Gasteiger partial charge is 0.480 e. The fourth-order valence-electron chi connectivity index (χ4n) is 4.59. The average Bonchev–Trinajstić information content (AvgIpc) is 3.43. The molecule has 1 heterocycles. The first kappa shape index (κ1) is 22.4. The predicted octanol–water partition coefficient (Wildman–Crippen LogP) is 6.48. The smallest absolute Gasteiger partial charge is 0.407 e. The molecule has 1 atom stereocenters. The number of carboxylic acid groups (broad SMARTS) is 1. The Hall–Kier alpha value is -3.35. The van der Waals surface area contributed by atoms with Crippen LogP contribution in [0.5, 0.6) is 0 Å². The molecule has 172 valence electrons. The Morgan fingerprint density at radius 2 is 1.71 bits per heavy atom. The molecular formula is C27H22ClNO4S. The van der Waals surface area contributed by atoms with Gasteiger partial charge in [-0.1, -0.05) is 66.2 Å². The third-order valence-corrected chi connectivity index (χ3v) is 7.59. The standard InChI is InChI=1S/C27H22ClNO4S/c28-23-14-16(13-17-11-12-34-25(17)23)9-10-24(26(30)31)29-27(32)33-15-22-20-7-3-1-5-18(20)19-6-2-4-8-21(19)22/h1-8,11-14,22,24H,9-10,15H2,(H,29,32)(H,30,31). The maximum Gasteiger partial charge on any atom is 0.407 e. The van der Waals surface area contributed by atoms with Crippen LogP contribution in [0.15, 0.2) is 72.1 Å². The van der Waals surface area contributed by atoms with Crippen LogP contribution in [0.3, 0.4) is 0 Å². The highest BCUT2D eigenvalue weighted by Crippen LogP contribution is 2.44. The van der Waals surface area contributed by atoms with E-state index in [9.17, 15) is 14.7 Å². The van der Waals surface area contributed by atoms with Gasteiger partial charge >= 0.3 is 12.1 Å². The van der Waals surface area contributed by atoms with E-state index in [0.29, 0.717) is 11.4 Å². The maximum atomic E-state index is 12.5. The van der Waals surface area contributed by atoms with Gasteiger partial charge in [0.15, 0.2) is 0 Å². The Balaban J connectivity index is 1.22. The number of alkyl carbamates (subject to hydrolysis) is 1. The number of hydrogen-bond donors (Lipinski definition) is 2. The van der Waals surface area contributed by atoms with Gasteiger partial charge in [0.25, 0.3) is 0 Å². The van der Waals surface area contributed by atoms with E-state index in [4.69, 9.17) is 16.3 Å². The number of aryl methyl sites for hydroxylation is 1. The molecule has 0 bridgehead atoms. The van der Waals surface area contributed by atoms with Crippen LogP contribution in [0.2, 0.25) is 5.02 Å². The Kier molecular flexibility index (Phi) is 6.26. The Morgan fingerprint density at radius 1 is 1.03 bits per heavy atom. The van der Waals surface area contributed by atoms with Gasteiger partial charge in [-0.3, -0.25) is 0 Å². The van der Waals surface area contributed by atoms with Crippen molar-refractivity contribution in [1.29, 1.82) is 0 Å². The lowest BCUT2D eigenvalue weighted by Crippen LogP contribution is -2.41. The third-order valence-electron chi connectivity index (χ3n) is 6.22. The summed E-state index contributed by atoms with van der Waals surface area (Å²) in [7, 11) is 0. The predicted molar refractivity (Wildman–Crippen MR) is 135 cm³/mol. The van der Waals surface area contributed by atoms with Crippen LogP contribution >= 0.6 is 22.9 Å². The van der Waals surface area contributed by atoms with E-state index < -0.39 is 18.1 Å². The minimum absolute atomic E-state index is 0.0825. The lowest BCUT2D eigenvalue weighted by Gasteiger charge is -2.17. The van der Waals surface area contributed by atoms with Crippen LogP contribution in [0.1, 0.15) is 29.0 Å². The fraction of sp³-hybridized carbons (Fsp3) is 0.185. The number of hydrogen-bond acceptors (Lipinski definition) is 4. The number of fused-ring (bicyclic) bond motifs is 4. The van der Waals surface area contributed by atoms with Gasteiger partial charge in [-0.15, -0.1) is 11.3 Å². The number of halogens is 1. The molecule has 0 saturated heterocycles. The molecule has 0 fully saturated rings. The van der Waals surface area contributed by atoms with Gasteiger partial charge in [-0.05, 0) is 63.6 Å². The Bertz CT molecular complexity index is 1340. The lowest BCUT2D eigenvalue weighted by molar-refractivity contribution is -0.139. The molecule has 1 aromatic heterocycles. The summed E-state index contributed by atoms with van der Waals surface area (Å²) in [6.45, 7) is 0.136.